The highest BCUT2D eigenvalue weighted by atomic mass is 16.5. The van der Waals surface area contributed by atoms with Crippen LogP contribution in [0.4, 0.5) is 5.82 Å². The van der Waals surface area contributed by atoms with Crippen LogP contribution in [0.15, 0.2) is 17.2 Å². The molecule has 0 spiro atoms. The highest BCUT2D eigenvalue weighted by Gasteiger charge is 2.05. The number of hydrogen-bond acceptors (Lipinski definition) is 4. The van der Waals surface area contributed by atoms with Gasteiger partial charge in [-0.05, 0) is 26.7 Å². The van der Waals surface area contributed by atoms with Crippen molar-refractivity contribution in [2.45, 2.75) is 39.7 Å². The summed E-state index contributed by atoms with van der Waals surface area (Å²) in [5, 5.41) is 3.06. The summed E-state index contributed by atoms with van der Waals surface area (Å²) in [6.45, 7) is 8.25. The molecule has 1 heterocycles. The van der Waals surface area contributed by atoms with Gasteiger partial charge in [-0.3, -0.25) is 4.79 Å². The van der Waals surface area contributed by atoms with Gasteiger partial charge >= 0.3 is 0 Å². The highest BCUT2D eigenvalue weighted by molar-refractivity contribution is 5.30. The maximum Gasteiger partial charge on any atom is 0.293 e. The molecule has 0 unspecified atom stereocenters. The Hall–Kier alpha value is -1.36. The van der Waals surface area contributed by atoms with Gasteiger partial charge in [0.1, 0.15) is 0 Å². The maximum absolute atomic E-state index is 12.0. The van der Waals surface area contributed by atoms with Crippen LogP contribution in [0.5, 0.6) is 0 Å². The average molecular weight is 253 g/mol. The van der Waals surface area contributed by atoms with Crippen molar-refractivity contribution in [1.82, 2.24) is 9.55 Å². The molecule has 1 aromatic heterocycles. The molecule has 102 valence electrons. The van der Waals surface area contributed by atoms with Crippen molar-refractivity contribution in [3.63, 3.8) is 0 Å². The second kappa shape index (κ2) is 7.87. The van der Waals surface area contributed by atoms with Crippen molar-refractivity contribution in [2.75, 3.05) is 25.1 Å². The third-order valence-electron chi connectivity index (χ3n) is 2.53. The second-order valence-corrected chi connectivity index (χ2v) is 4.47. The fourth-order valence-electron chi connectivity index (χ4n) is 1.58. The number of anilines is 1. The first-order valence-electron chi connectivity index (χ1n) is 6.55. The topological polar surface area (TPSA) is 56.1 Å². The number of ether oxygens (including phenoxy) is 1. The Morgan fingerprint density at radius 2 is 2.22 bits per heavy atom. The summed E-state index contributed by atoms with van der Waals surface area (Å²) in [7, 11) is 0. The fraction of sp³-hybridized carbons (Fsp3) is 0.692. The van der Waals surface area contributed by atoms with Gasteiger partial charge in [-0.25, -0.2) is 4.98 Å². The van der Waals surface area contributed by atoms with Crippen LogP contribution in [0.25, 0.3) is 0 Å². The number of nitrogens with one attached hydrogen (secondary N) is 1. The van der Waals surface area contributed by atoms with E-state index >= 15 is 0 Å². The molecule has 18 heavy (non-hydrogen) atoms. The van der Waals surface area contributed by atoms with Crippen LogP contribution in [0.2, 0.25) is 0 Å². The van der Waals surface area contributed by atoms with Gasteiger partial charge in [-0.1, -0.05) is 6.92 Å². The molecule has 0 bridgehead atoms. The normalized spacial score (nSPS) is 10.9. The van der Waals surface area contributed by atoms with Gasteiger partial charge in [-0.15, -0.1) is 0 Å². The number of rotatable bonds is 8. The summed E-state index contributed by atoms with van der Waals surface area (Å²) in [6, 6.07) is 0.147. The van der Waals surface area contributed by atoms with E-state index < -0.39 is 0 Å². The molecule has 1 rings (SSSR count). The first-order chi connectivity index (χ1) is 8.66. The zero-order valence-corrected chi connectivity index (χ0v) is 11.5. The molecule has 0 saturated carbocycles. The minimum atomic E-state index is -0.0676. The first kappa shape index (κ1) is 14.7. The van der Waals surface area contributed by atoms with E-state index in [1.54, 1.807) is 17.0 Å². The molecule has 0 aliphatic carbocycles. The third-order valence-corrected chi connectivity index (χ3v) is 2.53. The van der Waals surface area contributed by atoms with Gasteiger partial charge in [0.2, 0.25) is 0 Å². The standard InChI is InChI=1S/C13H23N3O2/c1-4-9-18-10-5-6-14-12-13(17)16(11(2)3)8-7-15-12/h7-8,11H,4-6,9-10H2,1-3H3,(H,14,15). The van der Waals surface area contributed by atoms with Crippen molar-refractivity contribution in [1.29, 1.82) is 0 Å². The van der Waals surface area contributed by atoms with E-state index in [9.17, 15) is 4.79 Å². The van der Waals surface area contributed by atoms with E-state index in [1.165, 1.54) is 0 Å². The molecule has 0 aliphatic rings. The zero-order chi connectivity index (χ0) is 13.4. The van der Waals surface area contributed by atoms with Crippen molar-refractivity contribution >= 4 is 5.82 Å². The monoisotopic (exact) mass is 253 g/mol. The van der Waals surface area contributed by atoms with Gasteiger partial charge in [-0.2, -0.15) is 0 Å². The van der Waals surface area contributed by atoms with E-state index in [2.05, 4.69) is 17.2 Å². The highest BCUT2D eigenvalue weighted by Crippen LogP contribution is 2.01. The summed E-state index contributed by atoms with van der Waals surface area (Å²) in [5.74, 6) is 0.418. The minimum Gasteiger partial charge on any atom is -0.381 e. The fourth-order valence-corrected chi connectivity index (χ4v) is 1.58. The molecule has 0 saturated heterocycles. The number of hydrogen-bond donors (Lipinski definition) is 1. The van der Waals surface area contributed by atoms with E-state index in [4.69, 9.17) is 4.74 Å². The summed E-state index contributed by atoms with van der Waals surface area (Å²) in [6.07, 6.45) is 5.27. The Labute approximate surface area is 108 Å². The van der Waals surface area contributed by atoms with Crippen molar-refractivity contribution in [2.24, 2.45) is 0 Å². The molecule has 0 amide bonds. The van der Waals surface area contributed by atoms with E-state index in [-0.39, 0.29) is 11.6 Å². The smallest absolute Gasteiger partial charge is 0.293 e. The summed E-state index contributed by atoms with van der Waals surface area (Å²) in [5.41, 5.74) is -0.0676. The average Bonchev–Trinajstić information content (AvgIpc) is 2.35. The van der Waals surface area contributed by atoms with Crippen molar-refractivity contribution < 1.29 is 4.74 Å². The Balaban J connectivity index is 2.43. The number of nitrogens with zero attached hydrogens (tertiary/aromatic N) is 2. The molecule has 5 nitrogen and oxygen atoms in total. The van der Waals surface area contributed by atoms with E-state index in [0.717, 1.165) is 19.4 Å². The lowest BCUT2D eigenvalue weighted by Crippen LogP contribution is -2.26. The lowest BCUT2D eigenvalue weighted by Gasteiger charge is -2.11. The molecule has 0 radical (unpaired) electrons. The lowest BCUT2D eigenvalue weighted by molar-refractivity contribution is 0.134. The van der Waals surface area contributed by atoms with Crippen molar-refractivity contribution in [3.8, 4) is 0 Å². The van der Waals surface area contributed by atoms with E-state index in [0.29, 0.717) is 19.0 Å². The second-order valence-electron chi connectivity index (χ2n) is 4.47. The van der Waals surface area contributed by atoms with Crippen LogP contribution < -0.4 is 10.9 Å². The largest absolute Gasteiger partial charge is 0.381 e. The quantitative estimate of drug-likeness (QED) is 0.720. The molecule has 1 aromatic rings. The Bertz CT molecular complexity index is 401. The van der Waals surface area contributed by atoms with E-state index in [1.807, 2.05) is 13.8 Å². The summed E-state index contributed by atoms with van der Waals surface area (Å²) in [4.78, 5) is 16.1. The molecule has 0 fully saturated rings. The predicted octanol–water partition coefficient (Wildman–Crippen LogP) is 2.05. The van der Waals surface area contributed by atoms with Crippen LogP contribution in [0.1, 0.15) is 39.7 Å². The Morgan fingerprint density at radius 3 is 2.89 bits per heavy atom. The zero-order valence-electron chi connectivity index (χ0n) is 11.5. The van der Waals surface area contributed by atoms with Crippen LogP contribution in [-0.4, -0.2) is 29.3 Å². The lowest BCUT2D eigenvalue weighted by atomic mass is 10.4. The minimum absolute atomic E-state index is 0.0676. The SMILES string of the molecule is CCCOCCCNc1nccn(C(C)C)c1=O. The summed E-state index contributed by atoms with van der Waals surface area (Å²) >= 11 is 0. The molecule has 0 atom stereocenters. The first-order valence-corrected chi connectivity index (χ1v) is 6.55. The predicted molar refractivity (Wildman–Crippen MR) is 73.1 cm³/mol. The van der Waals surface area contributed by atoms with Gasteiger partial charge in [0.25, 0.3) is 5.56 Å². The Morgan fingerprint density at radius 1 is 1.44 bits per heavy atom. The molecule has 5 heteroatoms. The Kier molecular flexibility index (Phi) is 6.43. The van der Waals surface area contributed by atoms with Crippen LogP contribution in [0, 0.1) is 0 Å². The van der Waals surface area contributed by atoms with Crippen LogP contribution in [0.3, 0.4) is 0 Å². The van der Waals surface area contributed by atoms with Gasteiger partial charge < -0.3 is 14.6 Å². The van der Waals surface area contributed by atoms with Crippen molar-refractivity contribution in [3.05, 3.63) is 22.7 Å². The summed E-state index contributed by atoms with van der Waals surface area (Å²) < 4.78 is 7.04. The number of aromatic nitrogens is 2. The van der Waals surface area contributed by atoms with Gasteiger partial charge in [0, 0.05) is 38.2 Å². The van der Waals surface area contributed by atoms with Crippen LogP contribution >= 0.6 is 0 Å². The molecule has 0 aromatic carbocycles. The van der Waals surface area contributed by atoms with Gasteiger partial charge in [0.05, 0.1) is 0 Å². The molecular formula is C13H23N3O2. The molecular weight excluding hydrogens is 230 g/mol. The van der Waals surface area contributed by atoms with Crippen LogP contribution in [-0.2, 0) is 4.74 Å². The molecule has 0 aliphatic heterocycles. The van der Waals surface area contributed by atoms with Gasteiger partial charge in [0.15, 0.2) is 5.82 Å². The molecule has 1 N–H and O–H groups in total. The maximum atomic E-state index is 12.0. The third kappa shape index (κ3) is 4.49.